The largest absolute Gasteiger partial charge is 0.326 e. The van der Waals surface area contributed by atoms with Crippen LogP contribution in [0.2, 0.25) is 0 Å². The zero-order valence-corrected chi connectivity index (χ0v) is 16.2. The van der Waals surface area contributed by atoms with Gasteiger partial charge in [0.1, 0.15) is 6.04 Å². The van der Waals surface area contributed by atoms with Crippen LogP contribution in [0.1, 0.15) is 28.9 Å². The van der Waals surface area contributed by atoms with E-state index >= 15 is 0 Å². The number of hydrogen-bond acceptors (Lipinski definition) is 4. The number of benzene rings is 1. The number of imide groups is 1. The number of carbonyl (C=O) groups is 2. The maximum Gasteiger partial charge on any atom is 0.325 e. The second kappa shape index (κ2) is 7.95. The highest BCUT2D eigenvalue weighted by Gasteiger charge is 2.38. The van der Waals surface area contributed by atoms with Crippen LogP contribution in [0.4, 0.5) is 4.79 Å². The molecule has 0 radical (unpaired) electrons. The van der Waals surface area contributed by atoms with Gasteiger partial charge in [-0.1, -0.05) is 30.3 Å². The van der Waals surface area contributed by atoms with E-state index in [0.717, 1.165) is 28.3 Å². The number of urea groups is 1. The molecule has 0 aliphatic carbocycles. The summed E-state index contributed by atoms with van der Waals surface area (Å²) in [6.07, 6.45) is 2.65. The number of carbonyl (C=O) groups excluding carboxylic acids is 2. The summed E-state index contributed by atoms with van der Waals surface area (Å²) in [5.41, 5.74) is 3.94. The number of aryl methyl sites for hydroxylation is 1. The van der Waals surface area contributed by atoms with E-state index in [2.05, 4.69) is 22.5 Å². The number of nitrogens with one attached hydrogen (secondary N) is 1. The van der Waals surface area contributed by atoms with Gasteiger partial charge in [0.05, 0.1) is 18.8 Å². The van der Waals surface area contributed by atoms with Gasteiger partial charge in [0.25, 0.3) is 5.91 Å². The highest BCUT2D eigenvalue weighted by Crippen LogP contribution is 2.20. The number of amides is 3. The van der Waals surface area contributed by atoms with Crippen molar-refractivity contribution in [3.05, 3.63) is 52.8 Å². The van der Waals surface area contributed by atoms with Gasteiger partial charge >= 0.3 is 6.03 Å². The predicted octanol–water partition coefficient (Wildman–Crippen LogP) is 2.72. The van der Waals surface area contributed by atoms with Crippen LogP contribution >= 0.6 is 11.8 Å². The van der Waals surface area contributed by atoms with Crippen molar-refractivity contribution >= 4 is 23.7 Å². The minimum atomic E-state index is -0.407. The Morgan fingerprint density at radius 1 is 1.15 bits per heavy atom. The summed E-state index contributed by atoms with van der Waals surface area (Å²) in [7, 11) is 0. The second-order valence-electron chi connectivity index (χ2n) is 6.50. The Balaban J connectivity index is 1.76. The van der Waals surface area contributed by atoms with Gasteiger partial charge in [0.2, 0.25) is 0 Å². The first-order valence-electron chi connectivity index (χ1n) is 8.69. The van der Waals surface area contributed by atoms with E-state index in [-0.39, 0.29) is 18.5 Å². The lowest BCUT2D eigenvalue weighted by molar-refractivity contribution is -0.127. The third-order valence-corrected chi connectivity index (χ3v) is 5.38. The van der Waals surface area contributed by atoms with Crippen LogP contribution in [0.5, 0.6) is 0 Å². The van der Waals surface area contributed by atoms with Crippen molar-refractivity contribution in [2.45, 2.75) is 39.4 Å². The lowest BCUT2D eigenvalue weighted by Crippen LogP contribution is -2.31. The summed E-state index contributed by atoms with van der Waals surface area (Å²) >= 11 is 1.67. The maximum atomic E-state index is 12.6. The third kappa shape index (κ3) is 3.77. The van der Waals surface area contributed by atoms with E-state index in [1.807, 2.05) is 43.0 Å². The quantitative estimate of drug-likeness (QED) is 0.759. The minimum absolute atomic E-state index is 0.140. The molecule has 1 N–H and O–H groups in total. The summed E-state index contributed by atoms with van der Waals surface area (Å²) in [6.45, 7) is 4.85. The standard InChI is InChI=1S/C19H24N4O2S/c1-13-16(12-22-18(24)17(9-10-26-3)20-19(22)25)14(2)23(21-13)11-15-7-5-4-6-8-15/h4-8,17H,9-12H2,1-3H3,(H,20,25)/t17-/m0/s1. The number of rotatable bonds is 7. The minimum Gasteiger partial charge on any atom is -0.326 e. The zero-order chi connectivity index (χ0) is 18.7. The summed E-state index contributed by atoms with van der Waals surface area (Å²) < 4.78 is 1.93. The molecule has 1 aromatic heterocycles. The SMILES string of the molecule is CSCC[C@@H]1NC(=O)N(Cc2c(C)nn(Cc3ccccc3)c2C)C1=O. The summed E-state index contributed by atoms with van der Waals surface area (Å²) in [5, 5.41) is 7.40. The van der Waals surface area contributed by atoms with Crippen molar-refractivity contribution < 1.29 is 9.59 Å². The normalized spacial score (nSPS) is 17.0. The van der Waals surface area contributed by atoms with Crippen LogP contribution in [0, 0.1) is 13.8 Å². The van der Waals surface area contributed by atoms with Crippen molar-refractivity contribution in [1.82, 2.24) is 20.0 Å². The van der Waals surface area contributed by atoms with E-state index in [4.69, 9.17) is 0 Å². The van der Waals surface area contributed by atoms with Crippen LogP contribution in [0.25, 0.3) is 0 Å². The molecule has 1 aromatic carbocycles. The van der Waals surface area contributed by atoms with E-state index < -0.39 is 6.04 Å². The Labute approximate surface area is 157 Å². The molecule has 26 heavy (non-hydrogen) atoms. The van der Waals surface area contributed by atoms with Gasteiger partial charge in [0.15, 0.2) is 0 Å². The molecular formula is C19H24N4O2S. The van der Waals surface area contributed by atoms with E-state index in [0.29, 0.717) is 13.0 Å². The van der Waals surface area contributed by atoms with Crippen molar-refractivity contribution in [2.75, 3.05) is 12.0 Å². The van der Waals surface area contributed by atoms with Crippen molar-refractivity contribution in [2.24, 2.45) is 0 Å². The van der Waals surface area contributed by atoms with Gasteiger partial charge in [-0.3, -0.25) is 14.4 Å². The number of aromatic nitrogens is 2. The molecule has 1 atom stereocenters. The third-order valence-electron chi connectivity index (χ3n) is 4.74. The van der Waals surface area contributed by atoms with Crippen molar-refractivity contribution in [1.29, 1.82) is 0 Å². The average molecular weight is 372 g/mol. The molecule has 1 fully saturated rings. The summed E-state index contributed by atoms with van der Waals surface area (Å²) in [6, 6.07) is 9.40. The Kier molecular flexibility index (Phi) is 5.66. The molecule has 0 bridgehead atoms. The highest BCUT2D eigenvalue weighted by molar-refractivity contribution is 7.98. The molecule has 6 nitrogen and oxygen atoms in total. The van der Waals surface area contributed by atoms with E-state index in [1.165, 1.54) is 4.90 Å². The smallest absolute Gasteiger partial charge is 0.325 e. The predicted molar refractivity (Wildman–Crippen MR) is 103 cm³/mol. The highest BCUT2D eigenvalue weighted by atomic mass is 32.2. The lowest BCUT2D eigenvalue weighted by Gasteiger charge is -2.13. The van der Waals surface area contributed by atoms with Crippen molar-refractivity contribution in [3.8, 4) is 0 Å². The van der Waals surface area contributed by atoms with Gasteiger partial charge in [-0.05, 0) is 37.8 Å². The van der Waals surface area contributed by atoms with Crippen LogP contribution in [0.3, 0.4) is 0 Å². The zero-order valence-electron chi connectivity index (χ0n) is 15.4. The molecule has 138 valence electrons. The monoisotopic (exact) mass is 372 g/mol. The topological polar surface area (TPSA) is 67.2 Å². The van der Waals surface area contributed by atoms with Crippen LogP contribution in [-0.4, -0.2) is 44.7 Å². The van der Waals surface area contributed by atoms with Gasteiger partial charge in [0, 0.05) is 11.3 Å². The molecule has 0 unspecified atom stereocenters. The van der Waals surface area contributed by atoms with Gasteiger partial charge < -0.3 is 5.32 Å². The first-order chi connectivity index (χ1) is 12.5. The molecule has 7 heteroatoms. The number of nitrogens with zero attached hydrogens (tertiary/aromatic N) is 3. The molecule has 1 aliphatic rings. The average Bonchev–Trinajstić information content (AvgIpc) is 3.05. The number of hydrogen-bond donors (Lipinski definition) is 1. The van der Waals surface area contributed by atoms with Crippen LogP contribution in [-0.2, 0) is 17.9 Å². The van der Waals surface area contributed by atoms with Gasteiger partial charge in [-0.25, -0.2) is 4.79 Å². The Hall–Kier alpha value is -2.28. The molecule has 3 amide bonds. The fraction of sp³-hybridized carbons (Fsp3) is 0.421. The maximum absolute atomic E-state index is 12.6. The first kappa shape index (κ1) is 18.5. The molecule has 2 aromatic rings. The molecular weight excluding hydrogens is 348 g/mol. The fourth-order valence-electron chi connectivity index (χ4n) is 3.19. The fourth-order valence-corrected chi connectivity index (χ4v) is 3.66. The second-order valence-corrected chi connectivity index (χ2v) is 7.49. The van der Waals surface area contributed by atoms with E-state index in [9.17, 15) is 9.59 Å². The Bertz CT molecular complexity index is 803. The summed E-state index contributed by atoms with van der Waals surface area (Å²) in [4.78, 5) is 26.1. The molecule has 0 spiro atoms. The summed E-state index contributed by atoms with van der Waals surface area (Å²) in [5.74, 6) is 0.705. The molecule has 2 heterocycles. The number of thioether (sulfide) groups is 1. The van der Waals surface area contributed by atoms with Crippen molar-refractivity contribution in [3.63, 3.8) is 0 Å². The molecule has 1 saturated heterocycles. The molecule has 1 aliphatic heterocycles. The van der Waals surface area contributed by atoms with Gasteiger partial charge in [-0.2, -0.15) is 16.9 Å². The molecule has 3 rings (SSSR count). The first-order valence-corrected chi connectivity index (χ1v) is 10.1. The Morgan fingerprint density at radius 2 is 1.88 bits per heavy atom. The Morgan fingerprint density at radius 3 is 2.58 bits per heavy atom. The van der Waals surface area contributed by atoms with Crippen LogP contribution < -0.4 is 5.32 Å². The van der Waals surface area contributed by atoms with Crippen LogP contribution in [0.15, 0.2) is 30.3 Å². The van der Waals surface area contributed by atoms with E-state index in [1.54, 1.807) is 11.8 Å². The van der Waals surface area contributed by atoms with Gasteiger partial charge in [-0.15, -0.1) is 0 Å². The lowest BCUT2D eigenvalue weighted by atomic mass is 10.1. The molecule has 0 saturated carbocycles.